The summed E-state index contributed by atoms with van der Waals surface area (Å²) in [6.07, 6.45) is -0.303. The maximum atomic E-state index is 9.87. The Bertz CT molecular complexity index is 359. The van der Waals surface area contributed by atoms with Crippen LogP contribution in [0.1, 0.15) is 26.3 Å². The summed E-state index contributed by atoms with van der Waals surface area (Å²) >= 11 is 1.79. The molecule has 4 heteroatoms. The van der Waals surface area contributed by atoms with E-state index < -0.39 is 0 Å². The Morgan fingerprint density at radius 1 is 1.26 bits per heavy atom. The van der Waals surface area contributed by atoms with Gasteiger partial charge in [-0.2, -0.15) is 11.8 Å². The molecular formula is C15H25NO2S. The smallest absolute Gasteiger partial charge is 0.118 e. The van der Waals surface area contributed by atoms with Crippen molar-refractivity contribution in [2.75, 3.05) is 19.4 Å². The van der Waals surface area contributed by atoms with Crippen LogP contribution in [0.4, 0.5) is 0 Å². The van der Waals surface area contributed by atoms with Gasteiger partial charge in [0.05, 0.1) is 13.2 Å². The third kappa shape index (κ3) is 7.45. The van der Waals surface area contributed by atoms with Crippen molar-refractivity contribution in [1.82, 2.24) is 5.32 Å². The molecule has 19 heavy (non-hydrogen) atoms. The first-order valence-corrected chi connectivity index (χ1v) is 7.55. The topological polar surface area (TPSA) is 41.5 Å². The van der Waals surface area contributed by atoms with Gasteiger partial charge in [-0.15, -0.1) is 0 Å². The zero-order chi connectivity index (χ0) is 14.3. The lowest BCUT2D eigenvalue weighted by molar-refractivity contribution is 0.195. The second kappa shape index (κ2) is 7.78. The average Bonchev–Trinajstić information content (AvgIpc) is 2.36. The van der Waals surface area contributed by atoms with E-state index in [1.165, 1.54) is 5.56 Å². The Hall–Kier alpha value is -0.710. The second-order valence-electron chi connectivity index (χ2n) is 5.56. The molecule has 0 amide bonds. The van der Waals surface area contributed by atoms with Crippen LogP contribution in [0.15, 0.2) is 24.3 Å². The number of methoxy groups -OCH3 is 1. The molecule has 1 atom stereocenters. The molecule has 3 nitrogen and oxygen atoms in total. The fraction of sp³-hybridized carbons (Fsp3) is 0.600. The Labute approximate surface area is 120 Å². The van der Waals surface area contributed by atoms with Gasteiger partial charge in [-0.25, -0.2) is 0 Å². The number of thioether (sulfide) groups is 1. The van der Waals surface area contributed by atoms with Crippen LogP contribution in [0, 0.1) is 0 Å². The van der Waals surface area contributed by atoms with E-state index in [9.17, 15) is 5.11 Å². The van der Waals surface area contributed by atoms with Gasteiger partial charge in [-0.3, -0.25) is 0 Å². The van der Waals surface area contributed by atoms with Crippen molar-refractivity contribution in [3.63, 3.8) is 0 Å². The van der Waals surface area contributed by atoms with Crippen molar-refractivity contribution in [3.8, 4) is 5.75 Å². The zero-order valence-electron chi connectivity index (χ0n) is 12.3. The van der Waals surface area contributed by atoms with Crippen LogP contribution in [0.25, 0.3) is 0 Å². The molecule has 0 aromatic heterocycles. The lowest BCUT2D eigenvalue weighted by atomic mass is 10.2. The van der Waals surface area contributed by atoms with Crippen molar-refractivity contribution in [2.45, 2.75) is 38.2 Å². The highest BCUT2D eigenvalue weighted by Gasteiger charge is 2.13. The lowest BCUT2D eigenvalue weighted by Crippen LogP contribution is -2.29. The van der Waals surface area contributed by atoms with Crippen LogP contribution in [0.3, 0.4) is 0 Å². The van der Waals surface area contributed by atoms with Gasteiger partial charge in [0, 0.05) is 23.6 Å². The van der Waals surface area contributed by atoms with Crippen LogP contribution >= 0.6 is 11.8 Å². The summed E-state index contributed by atoms with van der Waals surface area (Å²) in [5.74, 6) is 1.63. The normalized spacial score (nSPS) is 13.3. The molecule has 0 saturated carbocycles. The molecule has 108 valence electrons. The first-order valence-electron chi connectivity index (χ1n) is 6.56. The van der Waals surface area contributed by atoms with Crippen LogP contribution in [-0.4, -0.2) is 35.4 Å². The van der Waals surface area contributed by atoms with Gasteiger partial charge in [0.25, 0.3) is 0 Å². The fourth-order valence-corrected chi connectivity index (χ4v) is 2.34. The highest BCUT2D eigenvalue weighted by molar-refractivity contribution is 8.00. The number of hydrogen-bond donors (Lipinski definition) is 2. The first kappa shape index (κ1) is 16.3. The third-order valence-electron chi connectivity index (χ3n) is 2.58. The Kier molecular flexibility index (Phi) is 6.69. The maximum Gasteiger partial charge on any atom is 0.118 e. The van der Waals surface area contributed by atoms with E-state index in [2.05, 4.69) is 26.1 Å². The summed E-state index contributed by atoms with van der Waals surface area (Å²) < 4.78 is 5.32. The fourth-order valence-electron chi connectivity index (χ4n) is 1.53. The van der Waals surface area contributed by atoms with Crippen LogP contribution in [-0.2, 0) is 6.54 Å². The summed E-state index contributed by atoms with van der Waals surface area (Å²) in [5.41, 5.74) is 1.19. The van der Waals surface area contributed by atoms with Gasteiger partial charge >= 0.3 is 0 Å². The number of aliphatic hydroxyl groups excluding tert-OH is 1. The summed E-state index contributed by atoms with van der Waals surface area (Å²) in [7, 11) is 1.66. The van der Waals surface area contributed by atoms with Crippen molar-refractivity contribution in [2.24, 2.45) is 0 Å². The van der Waals surface area contributed by atoms with Crippen LogP contribution < -0.4 is 10.1 Å². The molecule has 1 aromatic carbocycles. The summed E-state index contributed by atoms with van der Waals surface area (Å²) in [5, 5.41) is 13.1. The molecule has 0 heterocycles. The SMILES string of the molecule is COc1ccc(CNC[C@@H](O)CSC(C)(C)C)cc1. The molecule has 0 aliphatic carbocycles. The Balaban J connectivity index is 2.22. The van der Waals surface area contributed by atoms with Gasteiger partial charge in [0.1, 0.15) is 5.75 Å². The monoisotopic (exact) mass is 283 g/mol. The number of ether oxygens (including phenoxy) is 1. The van der Waals surface area contributed by atoms with E-state index in [0.717, 1.165) is 18.0 Å². The van der Waals surface area contributed by atoms with Gasteiger partial charge in [0.15, 0.2) is 0 Å². The van der Waals surface area contributed by atoms with Gasteiger partial charge in [0.2, 0.25) is 0 Å². The van der Waals surface area contributed by atoms with E-state index in [0.29, 0.717) is 6.54 Å². The van der Waals surface area contributed by atoms with Gasteiger partial charge in [-0.1, -0.05) is 32.9 Å². The van der Waals surface area contributed by atoms with Crippen molar-refractivity contribution in [1.29, 1.82) is 0 Å². The van der Waals surface area contributed by atoms with Gasteiger partial charge < -0.3 is 15.2 Å². The highest BCUT2D eigenvalue weighted by Crippen LogP contribution is 2.23. The van der Waals surface area contributed by atoms with Crippen molar-refractivity contribution in [3.05, 3.63) is 29.8 Å². The Morgan fingerprint density at radius 2 is 1.89 bits per heavy atom. The predicted molar refractivity (Wildman–Crippen MR) is 82.9 cm³/mol. The minimum atomic E-state index is -0.303. The van der Waals surface area contributed by atoms with Crippen LogP contribution in [0.2, 0.25) is 0 Å². The number of rotatable bonds is 7. The molecule has 0 saturated heterocycles. The lowest BCUT2D eigenvalue weighted by Gasteiger charge is -2.20. The van der Waals surface area contributed by atoms with Crippen molar-refractivity contribution < 1.29 is 9.84 Å². The molecule has 1 aromatic rings. The highest BCUT2D eigenvalue weighted by atomic mass is 32.2. The minimum absolute atomic E-state index is 0.205. The quantitative estimate of drug-likeness (QED) is 0.807. The largest absolute Gasteiger partial charge is 0.497 e. The number of aliphatic hydroxyl groups is 1. The molecule has 2 N–H and O–H groups in total. The average molecular weight is 283 g/mol. The molecule has 0 aliphatic rings. The Morgan fingerprint density at radius 3 is 2.42 bits per heavy atom. The zero-order valence-corrected chi connectivity index (χ0v) is 13.1. The summed E-state index contributed by atoms with van der Waals surface area (Å²) in [4.78, 5) is 0. The number of benzene rings is 1. The van der Waals surface area contributed by atoms with E-state index in [1.807, 2.05) is 24.3 Å². The van der Waals surface area contributed by atoms with Gasteiger partial charge in [-0.05, 0) is 17.7 Å². The van der Waals surface area contributed by atoms with Crippen LogP contribution in [0.5, 0.6) is 5.75 Å². The minimum Gasteiger partial charge on any atom is -0.497 e. The second-order valence-corrected chi connectivity index (χ2v) is 7.40. The molecule has 0 bridgehead atoms. The summed E-state index contributed by atoms with van der Waals surface area (Å²) in [6.45, 7) is 7.87. The molecule has 0 unspecified atom stereocenters. The van der Waals surface area contributed by atoms with Crippen molar-refractivity contribution >= 4 is 11.8 Å². The third-order valence-corrected chi connectivity index (χ3v) is 3.99. The number of hydrogen-bond acceptors (Lipinski definition) is 4. The molecule has 0 fully saturated rings. The van der Waals surface area contributed by atoms with E-state index in [1.54, 1.807) is 18.9 Å². The molecule has 0 spiro atoms. The standard InChI is InChI=1S/C15H25NO2S/c1-15(2,3)19-11-13(17)10-16-9-12-5-7-14(18-4)8-6-12/h5-8,13,16-17H,9-11H2,1-4H3/t13-/m1/s1. The molecule has 0 radical (unpaired) electrons. The van der Waals surface area contributed by atoms with E-state index in [-0.39, 0.29) is 10.9 Å². The van der Waals surface area contributed by atoms with E-state index >= 15 is 0 Å². The molecule has 0 aliphatic heterocycles. The first-order chi connectivity index (χ1) is 8.90. The number of nitrogens with one attached hydrogen (secondary N) is 1. The summed E-state index contributed by atoms with van der Waals surface area (Å²) in [6, 6.07) is 7.95. The predicted octanol–water partition coefficient (Wildman–Crippen LogP) is 2.68. The maximum absolute atomic E-state index is 9.87. The molecular weight excluding hydrogens is 258 g/mol. The van der Waals surface area contributed by atoms with E-state index in [4.69, 9.17) is 4.74 Å². The molecule has 1 rings (SSSR count).